The van der Waals surface area contributed by atoms with Crippen LogP contribution in [-0.2, 0) is 9.47 Å². The van der Waals surface area contributed by atoms with E-state index < -0.39 is 18.0 Å². The number of hydrogen-bond acceptors (Lipinski definition) is 6. The number of amides is 2. The molecule has 0 spiro atoms. The SMILES string of the molecule is COC(=O)c1sc(NC(=O)Nc2ccc(Cl)cc2)c(C(=O)OC)c1C. The monoisotopic (exact) mass is 382 g/mol. The molecule has 0 radical (unpaired) electrons. The van der Waals surface area contributed by atoms with Gasteiger partial charge >= 0.3 is 18.0 Å². The number of ether oxygens (including phenoxy) is 2. The van der Waals surface area contributed by atoms with E-state index in [1.807, 2.05) is 0 Å². The van der Waals surface area contributed by atoms with Crippen molar-refractivity contribution in [3.05, 3.63) is 45.3 Å². The van der Waals surface area contributed by atoms with Crippen LogP contribution in [0.15, 0.2) is 24.3 Å². The van der Waals surface area contributed by atoms with E-state index in [1.54, 1.807) is 31.2 Å². The van der Waals surface area contributed by atoms with Crippen LogP contribution < -0.4 is 10.6 Å². The Hall–Kier alpha value is -2.58. The summed E-state index contributed by atoms with van der Waals surface area (Å²) in [6.45, 7) is 1.58. The first-order valence-corrected chi connectivity index (χ1v) is 8.20. The van der Waals surface area contributed by atoms with E-state index >= 15 is 0 Å². The highest BCUT2D eigenvalue weighted by molar-refractivity contribution is 7.18. The highest BCUT2D eigenvalue weighted by Gasteiger charge is 2.26. The summed E-state index contributed by atoms with van der Waals surface area (Å²) in [4.78, 5) is 36.2. The van der Waals surface area contributed by atoms with E-state index in [0.29, 0.717) is 16.3 Å². The Morgan fingerprint density at radius 3 is 2.16 bits per heavy atom. The van der Waals surface area contributed by atoms with E-state index in [9.17, 15) is 14.4 Å². The Morgan fingerprint density at radius 2 is 1.60 bits per heavy atom. The Bertz CT molecular complexity index is 817. The van der Waals surface area contributed by atoms with Crippen molar-refractivity contribution in [2.24, 2.45) is 0 Å². The van der Waals surface area contributed by atoms with Crippen molar-refractivity contribution in [1.82, 2.24) is 0 Å². The molecule has 0 unspecified atom stereocenters. The third kappa shape index (κ3) is 4.28. The number of thiophene rings is 1. The lowest BCUT2D eigenvalue weighted by Gasteiger charge is -2.08. The van der Waals surface area contributed by atoms with E-state index in [2.05, 4.69) is 15.4 Å². The first-order valence-electron chi connectivity index (χ1n) is 7.01. The van der Waals surface area contributed by atoms with Crippen LogP contribution in [0.5, 0.6) is 0 Å². The molecule has 1 heterocycles. The summed E-state index contributed by atoms with van der Waals surface area (Å²) in [5.74, 6) is -1.26. The molecule has 25 heavy (non-hydrogen) atoms. The summed E-state index contributed by atoms with van der Waals surface area (Å²) >= 11 is 6.73. The van der Waals surface area contributed by atoms with E-state index in [-0.39, 0.29) is 15.4 Å². The molecular weight excluding hydrogens is 368 g/mol. The van der Waals surface area contributed by atoms with Gasteiger partial charge in [-0.15, -0.1) is 11.3 Å². The summed E-state index contributed by atoms with van der Waals surface area (Å²) < 4.78 is 9.42. The predicted octanol–water partition coefficient (Wildman–Crippen LogP) is 3.93. The Kier molecular flexibility index (Phi) is 6.00. The van der Waals surface area contributed by atoms with Crippen LogP contribution in [-0.4, -0.2) is 32.2 Å². The minimum Gasteiger partial charge on any atom is -0.465 e. The van der Waals surface area contributed by atoms with E-state index in [0.717, 1.165) is 11.3 Å². The molecule has 0 atom stereocenters. The van der Waals surface area contributed by atoms with E-state index in [1.165, 1.54) is 14.2 Å². The number of hydrogen-bond donors (Lipinski definition) is 2. The van der Waals surface area contributed by atoms with Crippen LogP contribution in [0, 0.1) is 6.92 Å². The highest BCUT2D eigenvalue weighted by atomic mass is 35.5. The molecule has 2 N–H and O–H groups in total. The van der Waals surface area contributed by atoms with Crippen LogP contribution in [0.1, 0.15) is 25.6 Å². The minimum atomic E-state index is -0.661. The predicted molar refractivity (Wildman–Crippen MR) is 95.8 cm³/mol. The number of esters is 2. The van der Waals surface area contributed by atoms with Gasteiger partial charge in [-0.1, -0.05) is 11.6 Å². The van der Waals surface area contributed by atoms with Gasteiger partial charge in [0.15, 0.2) is 0 Å². The summed E-state index contributed by atoms with van der Waals surface area (Å²) in [6.07, 6.45) is 0. The fourth-order valence-electron chi connectivity index (χ4n) is 2.04. The topological polar surface area (TPSA) is 93.7 Å². The normalized spacial score (nSPS) is 10.1. The molecule has 0 saturated carbocycles. The van der Waals surface area contributed by atoms with Crippen LogP contribution in [0.25, 0.3) is 0 Å². The van der Waals surface area contributed by atoms with Gasteiger partial charge in [0.2, 0.25) is 0 Å². The molecule has 132 valence electrons. The molecule has 2 amide bonds. The molecule has 0 saturated heterocycles. The lowest BCUT2D eigenvalue weighted by Crippen LogP contribution is -2.20. The van der Waals surface area contributed by atoms with Gasteiger partial charge < -0.3 is 14.8 Å². The fourth-order valence-corrected chi connectivity index (χ4v) is 3.27. The average molecular weight is 383 g/mol. The second-order valence-electron chi connectivity index (χ2n) is 4.83. The largest absolute Gasteiger partial charge is 0.465 e. The first kappa shape index (κ1) is 18.8. The van der Waals surface area contributed by atoms with E-state index in [4.69, 9.17) is 16.3 Å². The van der Waals surface area contributed by atoms with Crippen molar-refractivity contribution < 1.29 is 23.9 Å². The molecular formula is C16H15ClN2O5S. The van der Waals surface area contributed by atoms with Crippen LogP contribution in [0.2, 0.25) is 5.02 Å². The average Bonchev–Trinajstić information content (AvgIpc) is 2.91. The number of methoxy groups -OCH3 is 2. The Morgan fingerprint density at radius 1 is 1.00 bits per heavy atom. The number of anilines is 2. The maximum atomic E-state index is 12.2. The summed E-state index contributed by atoms with van der Waals surface area (Å²) in [5, 5.41) is 5.89. The van der Waals surface area contributed by atoms with Gasteiger partial charge in [-0.25, -0.2) is 14.4 Å². The molecule has 2 rings (SSSR count). The third-order valence-corrected chi connectivity index (χ3v) is 4.68. The Balaban J connectivity index is 2.27. The lowest BCUT2D eigenvalue weighted by atomic mass is 10.1. The van der Waals surface area contributed by atoms with Gasteiger partial charge in [0, 0.05) is 10.7 Å². The zero-order valence-electron chi connectivity index (χ0n) is 13.6. The molecule has 0 aliphatic rings. The molecule has 0 fully saturated rings. The second kappa shape index (κ2) is 8.00. The number of urea groups is 1. The fraction of sp³-hybridized carbons (Fsp3) is 0.188. The zero-order chi connectivity index (χ0) is 18.6. The van der Waals surface area contributed by atoms with Gasteiger partial charge in [-0.3, -0.25) is 5.32 Å². The minimum absolute atomic E-state index is 0.110. The number of rotatable bonds is 4. The summed E-state index contributed by atoms with van der Waals surface area (Å²) in [5.41, 5.74) is 1.01. The maximum absolute atomic E-state index is 12.2. The molecule has 1 aromatic heterocycles. The van der Waals surface area contributed by atoms with Crippen molar-refractivity contribution in [3.8, 4) is 0 Å². The first-order chi connectivity index (χ1) is 11.9. The molecule has 0 aliphatic heterocycles. The van der Waals surface area contributed by atoms with Crippen LogP contribution >= 0.6 is 22.9 Å². The quantitative estimate of drug-likeness (QED) is 0.781. The standard InChI is InChI=1S/C16H15ClN2O5S/c1-8-11(14(20)23-2)13(25-12(8)15(21)24-3)19-16(22)18-10-6-4-9(17)5-7-10/h4-7H,1-3H3,(H2,18,19,22). The van der Waals surface area contributed by atoms with Gasteiger partial charge in [-0.2, -0.15) is 0 Å². The maximum Gasteiger partial charge on any atom is 0.348 e. The lowest BCUT2D eigenvalue weighted by molar-refractivity contribution is 0.0601. The molecule has 7 nitrogen and oxygen atoms in total. The summed E-state index contributed by atoms with van der Waals surface area (Å²) in [7, 11) is 2.45. The summed E-state index contributed by atoms with van der Waals surface area (Å²) in [6, 6.07) is 5.93. The second-order valence-corrected chi connectivity index (χ2v) is 6.29. The van der Waals surface area contributed by atoms with Crippen molar-refractivity contribution in [2.45, 2.75) is 6.92 Å². The highest BCUT2D eigenvalue weighted by Crippen LogP contribution is 2.34. The van der Waals surface area contributed by atoms with Crippen molar-refractivity contribution in [1.29, 1.82) is 0 Å². The number of halogens is 1. The molecule has 9 heteroatoms. The number of nitrogens with one attached hydrogen (secondary N) is 2. The molecule has 1 aromatic carbocycles. The molecule has 0 bridgehead atoms. The van der Waals surface area contributed by atoms with Gasteiger partial charge in [0.25, 0.3) is 0 Å². The Labute approximate surface area is 152 Å². The zero-order valence-corrected chi connectivity index (χ0v) is 15.2. The van der Waals surface area contributed by atoms with Gasteiger partial charge in [-0.05, 0) is 36.8 Å². The number of benzene rings is 1. The number of carbonyl (C=O) groups is 3. The van der Waals surface area contributed by atoms with Gasteiger partial charge in [0.05, 0.1) is 19.8 Å². The third-order valence-electron chi connectivity index (χ3n) is 3.24. The molecule has 0 aliphatic carbocycles. The van der Waals surface area contributed by atoms with Crippen molar-refractivity contribution >= 4 is 51.6 Å². The number of carbonyl (C=O) groups excluding carboxylic acids is 3. The van der Waals surface area contributed by atoms with Crippen LogP contribution in [0.3, 0.4) is 0 Å². The van der Waals surface area contributed by atoms with Crippen molar-refractivity contribution in [2.75, 3.05) is 24.9 Å². The smallest absolute Gasteiger partial charge is 0.348 e. The van der Waals surface area contributed by atoms with Crippen molar-refractivity contribution in [3.63, 3.8) is 0 Å². The van der Waals surface area contributed by atoms with Gasteiger partial charge in [0.1, 0.15) is 9.88 Å². The molecule has 2 aromatic rings. The van der Waals surface area contributed by atoms with Crippen LogP contribution in [0.4, 0.5) is 15.5 Å².